The van der Waals surface area contributed by atoms with Crippen LogP contribution in [0.25, 0.3) is 0 Å². The van der Waals surface area contributed by atoms with Crippen molar-refractivity contribution in [3.63, 3.8) is 0 Å². The summed E-state index contributed by atoms with van der Waals surface area (Å²) in [6.45, 7) is 0. The van der Waals surface area contributed by atoms with Gasteiger partial charge in [0.15, 0.2) is 0 Å². The topological polar surface area (TPSA) is 66.8 Å². The fourth-order valence-electron chi connectivity index (χ4n) is 0. The normalized spacial score (nSPS) is 7.10. The van der Waals surface area contributed by atoms with Gasteiger partial charge in [-0.15, -0.1) is 0 Å². The summed E-state index contributed by atoms with van der Waals surface area (Å²) in [5.41, 5.74) is 0. The maximum atomic E-state index is 9.47. The largest absolute Gasteiger partial charge is 0.469 e. The van der Waals surface area contributed by atoms with Gasteiger partial charge in [-0.3, -0.25) is 4.52 Å². The van der Waals surface area contributed by atoms with Crippen molar-refractivity contribution < 1.29 is 103 Å². The molecule has 0 saturated carbocycles. The Morgan fingerprint density at radius 3 is 1.20 bits per heavy atom. The van der Waals surface area contributed by atoms with Gasteiger partial charge in [0, 0.05) is 91.4 Å². The predicted molar refractivity (Wildman–Crippen MR) is 19.1 cm³/mol. The molecule has 0 atom stereocenters. The molecule has 0 aromatic rings. The molecule has 0 aliphatic rings. The third-order valence-corrected chi connectivity index (χ3v) is 0.714. The van der Waals surface area contributed by atoms with Gasteiger partial charge in [0.25, 0.3) is 0 Å². The summed E-state index contributed by atoms with van der Waals surface area (Å²) >= 11 is 0. The monoisotopic (exact) mass is 848 g/mol. The molecule has 0 fully saturated rings. The molecule has 2 N–H and O–H groups in total. The molecule has 0 radical (unpaired) electrons. The fourth-order valence-corrected chi connectivity index (χ4v) is 0. The van der Waals surface area contributed by atoms with Crippen LogP contribution in [0.15, 0.2) is 0 Å². The summed E-state index contributed by atoms with van der Waals surface area (Å²) < 4.78 is 13.1. The van der Waals surface area contributed by atoms with Crippen LogP contribution in [0.4, 0.5) is 0 Å². The van der Waals surface area contributed by atoms with Gasteiger partial charge < -0.3 is 9.79 Å². The molecule has 0 aromatic heterocycles. The van der Waals surface area contributed by atoms with Crippen LogP contribution in [-0.2, 0) is 93.3 Å². The molecule has 0 aliphatic heterocycles. The first-order valence-corrected chi connectivity index (χ1v) is 2.70. The van der Waals surface area contributed by atoms with Crippen LogP contribution in [-0.4, -0.2) is 16.9 Å². The minimum absolute atomic E-state index is 0. The van der Waals surface area contributed by atoms with Crippen molar-refractivity contribution in [1.82, 2.24) is 0 Å². The van der Waals surface area contributed by atoms with Crippen LogP contribution in [0, 0.1) is 0 Å². The van der Waals surface area contributed by atoms with E-state index < -0.39 is 7.82 Å². The van der Waals surface area contributed by atoms with Gasteiger partial charge in [-0.2, -0.15) is 0 Å². The predicted octanol–water partition coefficient (Wildman–Crippen LogP) is -0.285. The Labute approximate surface area is 117 Å². The Kier molecular flexibility index (Phi) is 42.1. The first-order valence-electron chi connectivity index (χ1n) is 1.17. The Morgan fingerprint density at radius 2 is 1.20 bits per heavy atom. The van der Waals surface area contributed by atoms with E-state index in [-0.39, 0.29) is 84.3 Å². The molecule has 0 heterocycles. The van der Waals surface area contributed by atoms with Crippen LogP contribution in [0.3, 0.4) is 0 Å². The number of phosphoric ester groups is 1. The molecule has 0 aliphatic carbocycles. The second-order valence-corrected chi connectivity index (χ2v) is 2.02. The van der Waals surface area contributed by atoms with E-state index in [1.54, 1.807) is 0 Å². The number of hydrogen-bond acceptors (Lipinski definition) is 2. The summed E-state index contributed by atoms with van der Waals surface area (Å²) in [6.07, 6.45) is 0. The summed E-state index contributed by atoms with van der Waals surface area (Å²) in [6, 6.07) is 0. The van der Waals surface area contributed by atoms with Crippen LogP contribution in [0.1, 0.15) is 0 Å². The molecule has 9 heteroatoms. The zero-order chi connectivity index (χ0) is 5.21. The molecule has 0 spiro atoms. The van der Waals surface area contributed by atoms with Crippen LogP contribution in [0.2, 0.25) is 0 Å². The van der Waals surface area contributed by atoms with E-state index in [0.29, 0.717) is 0 Å². The van der Waals surface area contributed by atoms with E-state index in [1.807, 2.05) is 0 Å². The van der Waals surface area contributed by atoms with Crippen molar-refractivity contribution in [2.24, 2.45) is 0 Å². The Bertz CT molecular complexity index is 81.3. The van der Waals surface area contributed by atoms with Crippen molar-refractivity contribution in [2.45, 2.75) is 0 Å². The van der Waals surface area contributed by atoms with Gasteiger partial charge in [-0.25, -0.2) is 4.57 Å². The maximum Gasteiger partial charge on any atom is 0.469 e. The van der Waals surface area contributed by atoms with Gasteiger partial charge in [0.1, 0.15) is 0 Å². The minimum Gasteiger partial charge on any atom is -0.303 e. The molecule has 0 amide bonds. The number of phosphoric acid groups is 1. The van der Waals surface area contributed by atoms with E-state index in [9.17, 15) is 4.57 Å². The van der Waals surface area contributed by atoms with Crippen LogP contribution in [0.5, 0.6) is 0 Å². The Morgan fingerprint density at radius 1 is 1.10 bits per heavy atom. The molecule has 4 nitrogen and oxygen atoms in total. The SMILES string of the molecule is COP(=O)(O)O.[W].[W].[W].[W]. The zero-order valence-corrected chi connectivity index (χ0v) is 17.4. The first kappa shape index (κ1) is 29.3. The molecule has 62 valence electrons. The van der Waals surface area contributed by atoms with Gasteiger partial charge in [-0.05, 0) is 0 Å². The van der Waals surface area contributed by atoms with Crippen LogP contribution >= 0.6 is 7.82 Å². The summed E-state index contributed by atoms with van der Waals surface area (Å²) in [5, 5.41) is 0. The smallest absolute Gasteiger partial charge is 0.303 e. The molecule has 0 rings (SSSR count). The van der Waals surface area contributed by atoms with Crippen molar-refractivity contribution in [3.8, 4) is 0 Å². The molecule has 0 unspecified atom stereocenters. The van der Waals surface area contributed by atoms with Crippen molar-refractivity contribution in [3.05, 3.63) is 0 Å². The molecular weight excluding hydrogens is 842 g/mol. The maximum absolute atomic E-state index is 9.47. The van der Waals surface area contributed by atoms with Crippen molar-refractivity contribution in [2.75, 3.05) is 7.11 Å². The summed E-state index contributed by atoms with van der Waals surface area (Å²) in [4.78, 5) is 15.4. The first-order chi connectivity index (χ1) is 2.56. The average molecular weight is 847 g/mol. The molecular formula is CH5O4PW4. The third kappa shape index (κ3) is 30.7. The van der Waals surface area contributed by atoms with E-state index in [1.165, 1.54) is 0 Å². The molecule has 10 heavy (non-hydrogen) atoms. The molecule has 0 bridgehead atoms. The van der Waals surface area contributed by atoms with Gasteiger partial charge >= 0.3 is 7.82 Å². The van der Waals surface area contributed by atoms with Crippen molar-refractivity contribution in [1.29, 1.82) is 0 Å². The summed E-state index contributed by atoms with van der Waals surface area (Å²) in [7, 11) is -3.20. The third-order valence-electron chi connectivity index (χ3n) is 0.238. The Balaban J connectivity index is -0.0000000208. The van der Waals surface area contributed by atoms with E-state index in [4.69, 9.17) is 9.79 Å². The quantitative estimate of drug-likeness (QED) is 0.357. The molecule has 0 aromatic carbocycles. The fraction of sp³-hybridized carbons (Fsp3) is 1.00. The van der Waals surface area contributed by atoms with E-state index >= 15 is 0 Å². The van der Waals surface area contributed by atoms with Gasteiger partial charge in [0.2, 0.25) is 0 Å². The standard InChI is InChI=1S/CH5O4P.4W/c1-5-6(2,3)4;;;;/h1H3,(H2,2,3,4);;;;. The van der Waals surface area contributed by atoms with E-state index in [2.05, 4.69) is 4.52 Å². The average Bonchev–Trinajstić information content (AvgIpc) is 1.35. The number of hydrogen-bond donors (Lipinski definition) is 2. The second-order valence-electron chi connectivity index (χ2n) is 0.673. The second kappa shape index (κ2) is 14.4. The Hall–Kier alpha value is 2.86. The summed E-state index contributed by atoms with van der Waals surface area (Å²) in [5.74, 6) is 0. The van der Waals surface area contributed by atoms with Gasteiger partial charge in [0.05, 0.1) is 0 Å². The minimum atomic E-state index is -4.15. The molecule has 0 saturated heterocycles. The van der Waals surface area contributed by atoms with Crippen molar-refractivity contribution >= 4 is 7.82 Å². The number of rotatable bonds is 1. The zero-order valence-electron chi connectivity index (χ0n) is 4.79. The van der Waals surface area contributed by atoms with E-state index in [0.717, 1.165) is 7.11 Å². The van der Waals surface area contributed by atoms with Gasteiger partial charge in [-0.1, -0.05) is 0 Å². The van der Waals surface area contributed by atoms with Crippen LogP contribution < -0.4 is 0 Å².